The van der Waals surface area contributed by atoms with Gasteiger partial charge in [0.25, 0.3) is 0 Å². The maximum Gasteiger partial charge on any atom is 0.330 e. The molecule has 0 N–H and O–H groups in total. The lowest BCUT2D eigenvalue weighted by molar-refractivity contribution is -0.134. The highest BCUT2D eigenvalue weighted by molar-refractivity contribution is 9.10. The van der Waals surface area contributed by atoms with E-state index in [0.717, 1.165) is 18.2 Å². The van der Waals surface area contributed by atoms with Crippen LogP contribution in [0, 0.1) is 11.6 Å². The van der Waals surface area contributed by atoms with Crippen molar-refractivity contribution in [1.29, 1.82) is 0 Å². The van der Waals surface area contributed by atoms with Crippen LogP contribution in [0.2, 0.25) is 0 Å². The maximum absolute atomic E-state index is 13.2. The van der Waals surface area contributed by atoms with E-state index in [4.69, 9.17) is 0 Å². The van der Waals surface area contributed by atoms with Gasteiger partial charge in [-0.05, 0) is 28.1 Å². The van der Waals surface area contributed by atoms with E-state index in [9.17, 15) is 13.6 Å². The lowest BCUT2D eigenvalue weighted by atomic mass is 10.2. The summed E-state index contributed by atoms with van der Waals surface area (Å²) < 4.78 is 30.5. The van der Waals surface area contributed by atoms with Crippen molar-refractivity contribution < 1.29 is 18.3 Å². The normalized spacial score (nSPS) is 10.7. The highest BCUT2D eigenvalue weighted by Gasteiger charge is 2.07. The fourth-order valence-corrected chi connectivity index (χ4v) is 1.47. The standard InChI is InChI=1S/C10H7BrF2O2/c1-15-10(14)3-2-7-8(11)4-6(12)5-9(7)13/h2-5H,1H3. The first-order valence-electron chi connectivity index (χ1n) is 3.95. The first-order chi connectivity index (χ1) is 7.04. The van der Waals surface area contributed by atoms with Crippen LogP contribution in [-0.4, -0.2) is 13.1 Å². The van der Waals surface area contributed by atoms with Gasteiger partial charge in [-0.1, -0.05) is 0 Å². The van der Waals surface area contributed by atoms with Crippen LogP contribution in [-0.2, 0) is 9.53 Å². The van der Waals surface area contributed by atoms with Gasteiger partial charge in [-0.3, -0.25) is 0 Å². The van der Waals surface area contributed by atoms with Crippen molar-refractivity contribution in [2.75, 3.05) is 7.11 Å². The fourth-order valence-electron chi connectivity index (χ4n) is 0.932. The molecular formula is C10H7BrF2O2. The Morgan fingerprint density at radius 2 is 2.13 bits per heavy atom. The van der Waals surface area contributed by atoms with E-state index in [-0.39, 0.29) is 10.0 Å². The number of halogens is 3. The number of rotatable bonds is 2. The van der Waals surface area contributed by atoms with Crippen molar-refractivity contribution in [3.8, 4) is 0 Å². The third-order valence-corrected chi connectivity index (χ3v) is 2.29. The SMILES string of the molecule is COC(=O)C=Cc1c(F)cc(F)cc1Br. The van der Waals surface area contributed by atoms with Gasteiger partial charge in [0.2, 0.25) is 0 Å². The van der Waals surface area contributed by atoms with Crippen LogP contribution in [0.3, 0.4) is 0 Å². The Bertz CT molecular complexity index is 393. The molecule has 0 radical (unpaired) electrons. The van der Waals surface area contributed by atoms with Gasteiger partial charge in [0.1, 0.15) is 11.6 Å². The molecule has 2 nitrogen and oxygen atoms in total. The molecule has 0 bridgehead atoms. The Morgan fingerprint density at radius 1 is 1.47 bits per heavy atom. The van der Waals surface area contributed by atoms with E-state index in [1.807, 2.05) is 0 Å². The zero-order valence-corrected chi connectivity index (χ0v) is 9.35. The molecule has 0 heterocycles. The average molecular weight is 277 g/mol. The van der Waals surface area contributed by atoms with Crippen molar-refractivity contribution in [1.82, 2.24) is 0 Å². The van der Waals surface area contributed by atoms with Gasteiger partial charge in [-0.2, -0.15) is 0 Å². The summed E-state index contributed by atoms with van der Waals surface area (Å²) >= 11 is 2.99. The summed E-state index contributed by atoms with van der Waals surface area (Å²) in [7, 11) is 1.21. The predicted molar refractivity (Wildman–Crippen MR) is 55.1 cm³/mol. The van der Waals surface area contributed by atoms with Crippen molar-refractivity contribution >= 4 is 28.0 Å². The second kappa shape index (κ2) is 5.02. The van der Waals surface area contributed by atoms with Crippen LogP contribution < -0.4 is 0 Å². The van der Waals surface area contributed by atoms with E-state index < -0.39 is 17.6 Å². The largest absolute Gasteiger partial charge is 0.466 e. The number of carbonyl (C=O) groups excluding carboxylic acids is 1. The summed E-state index contributed by atoms with van der Waals surface area (Å²) in [6.07, 6.45) is 2.27. The molecule has 0 amide bonds. The first kappa shape index (κ1) is 11.8. The summed E-state index contributed by atoms with van der Waals surface area (Å²) in [6, 6.07) is 1.85. The second-order valence-corrected chi connectivity index (χ2v) is 3.49. The first-order valence-corrected chi connectivity index (χ1v) is 4.74. The highest BCUT2D eigenvalue weighted by Crippen LogP contribution is 2.22. The molecule has 15 heavy (non-hydrogen) atoms. The number of ether oxygens (including phenoxy) is 1. The van der Waals surface area contributed by atoms with Crippen molar-refractivity contribution in [3.05, 3.63) is 39.9 Å². The minimum Gasteiger partial charge on any atom is -0.466 e. The molecule has 0 fully saturated rings. The number of hydrogen-bond acceptors (Lipinski definition) is 2. The molecule has 0 atom stereocenters. The van der Waals surface area contributed by atoms with E-state index in [1.165, 1.54) is 13.2 Å². The topological polar surface area (TPSA) is 26.3 Å². The monoisotopic (exact) mass is 276 g/mol. The molecule has 0 aliphatic rings. The molecule has 80 valence electrons. The zero-order chi connectivity index (χ0) is 11.4. The van der Waals surface area contributed by atoms with Crippen molar-refractivity contribution in [2.24, 2.45) is 0 Å². The highest BCUT2D eigenvalue weighted by atomic mass is 79.9. The summed E-state index contributed by atoms with van der Waals surface area (Å²) in [5, 5.41) is 0. The minimum absolute atomic E-state index is 0.0989. The number of esters is 1. The van der Waals surface area contributed by atoms with E-state index in [0.29, 0.717) is 0 Å². The van der Waals surface area contributed by atoms with Crippen LogP contribution in [0.15, 0.2) is 22.7 Å². The molecule has 0 spiro atoms. The summed E-state index contributed by atoms with van der Waals surface area (Å²) in [5.41, 5.74) is 0.0989. The molecule has 0 unspecified atom stereocenters. The average Bonchev–Trinajstić information content (AvgIpc) is 2.15. The molecule has 1 aromatic carbocycles. The fraction of sp³-hybridized carbons (Fsp3) is 0.100. The van der Waals surface area contributed by atoms with Crippen LogP contribution in [0.5, 0.6) is 0 Å². The quantitative estimate of drug-likeness (QED) is 0.613. The maximum atomic E-state index is 13.2. The van der Waals surface area contributed by atoms with E-state index >= 15 is 0 Å². The van der Waals surface area contributed by atoms with Gasteiger partial charge in [-0.15, -0.1) is 0 Å². The summed E-state index contributed by atoms with van der Waals surface area (Å²) in [6.45, 7) is 0. The Balaban J connectivity index is 3.05. The Kier molecular flexibility index (Phi) is 3.96. The predicted octanol–water partition coefficient (Wildman–Crippen LogP) is 2.91. The number of carbonyl (C=O) groups is 1. The lowest BCUT2D eigenvalue weighted by Gasteiger charge is -2.00. The van der Waals surface area contributed by atoms with E-state index in [2.05, 4.69) is 20.7 Å². The van der Waals surface area contributed by atoms with Crippen molar-refractivity contribution in [2.45, 2.75) is 0 Å². The number of hydrogen-bond donors (Lipinski definition) is 0. The van der Waals surface area contributed by atoms with Gasteiger partial charge in [0.05, 0.1) is 7.11 Å². The van der Waals surface area contributed by atoms with Gasteiger partial charge in [-0.25, -0.2) is 13.6 Å². The van der Waals surface area contributed by atoms with Crippen LogP contribution in [0.25, 0.3) is 6.08 Å². The summed E-state index contributed by atoms with van der Waals surface area (Å²) in [4.78, 5) is 10.8. The molecule has 1 aromatic rings. The third kappa shape index (κ3) is 3.13. The zero-order valence-electron chi connectivity index (χ0n) is 7.76. The Hall–Kier alpha value is -1.23. The van der Waals surface area contributed by atoms with E-state index in [1.54, 1.807) is 0 Å². The van der Waals surface area contributed by atoms with Crippen LogP contribution >= 0.6 is 15.9 Å². The van der Waals surface area contributed by atoms with Crippen LogP contribution in [0.4, 0.5) is 8.78 Å². The molecule has 0 aliphatic heterocycles. The van der Waals surface area contributed by atoms with Gasteiger partial charge >= 0.3 is 5.97 Å². The number of benzene rings is 1. The number of methoxy groups -OCH3 is 1. The second-order valence-electron chi connectivity index (χ2n) is 2.64. The third-order valence-electron chi connectivity index (χ3n) is 1.63. The Morgan fingerprint density at radius 3 is 2.67 bits per heavy atom. The van der Waals surface area contributed by atoms with Gasteiger partial charge < -0.3 is 4.74 Å². The van der Waals surface area contributed by atoms with Gasteiger partial charge in [0.15, 0.2) is 0 Å². The molecule has 0 saturated carbocycles. The van der Waals surface area contributed by atoms with Gasteiger partial charge in [0, 0.05) is 22.2 Å². The molecular weight excluding hydrogens is 270 g/mol. The van der Waals surface area contributed by atoms with Crippen molar-refractivity contribution in [3.63, 3.8) is 0 Å². The lowest BCUT2D eigenvalue weighted by Crippen LogP contribution is -1.94. The molecule has 1 rings (SSSR count). The molecule has 0 aliphatic carbocycles. The summed E-state index contributed by atoms with van der Waals surface area (Å²) in [5.74, 6) is -2.04. The van der Waals surface area contributed by atoms with Crippen LogP contribution in [0.1, 0.15) is 5.56 Å². The Labute approximate surface area is 93.7 Å². The minimum atomic E-state index is -0.748. The molecule has 0 aromatic heterocycles. The molecule has 0 saturated heterocycles. The molecule has 5 heteroatoms. The smallest absolute Gasteiger partial charge is 0.330 e.